The van der Waals surface area contributed by atoms with Crippen molar-refractivity contribution in [1.82, 2.24) is 5.43 Å². The molecule has 0 amide bonds. The van der Waals surface area contributed by atoms with Crippen molar-refractivity contribution in [2.75, 3.05) is 5.43 Å². The zero-order valence-electron chi connectivity index (χ0n) is 8.98. The van der Waals surface area contributed by atoms with E-state index in [1.165, 1.54) is 0 Å². The number of rotatable bonds is 3. The van der Waals surface area contributed by atoms with Gasteiger partial charge < -0.3 is 5.43 Å². The van der Waals surface area contributed by atoms with Crippen LogP contribution in [0.5, 0.6) is 0 Å². The van der Waals surface area contributed by atoms with E-state index in [9.17, 15) is 0 Å². The molecular weight excluding hydrogens is 296 g/mol. The van der Waals surface area contributed by atoms with Gasteiger partial charge in [0.15, 0.2) is 0 Å². The standard InChI is InChI=1S/C13H11BrN2S/c14-11-8-6-10(7-9-11)13(17)16-15-12-4-2-1-3-5-12/h1-9,15H,(H,16,17). The van der Waals surface area contributed by atoms with Crippen LogP contribution in [0.15, 0.2) is 59.1 Å². The van der Waals surface area contributed by atoms with E-state index in [1.54, 1.807) is 0 Å². The monoisotopic (exact) mass is 306 g/mol. The summed E-state index contributed by atoms with van der Waals surface area (Å²) in [5, 5.41) is 0. The average molecular weight is 307 g/mol. The van der Waals surface area contributed by atoms with Gasteiger partial charge in [0.25, 0.3) is 0 Å². The lowest BCUT2D eigenvalue weighted by atomic mass is 10.2. The van der Waals surface area contributed by atoms with Crippen molar-refractivity contribution < 1.29 is 0 Å². The number of hydrazine groups is 1. The third-order valence-electron chi connectivity index (χ3n) is 2.20. The van der Waals surface area contributed by atoms with Crippen LogP contribution in [0.4, 0.5) is 5.69 Å². The van der Waals surface area contributed by atoms with Crippen molar-refractivity contribution in [3.8, 4) is 0 Å². The molecule has 0 saturated heterocycles. The molecule has 0 aromatic heterocycles. The van der Waals surface area contributed by atoms with Crippen molar-refractivity contribution in [3.05, 3.63) is 64.6 Å². The van der Waals surface area contributed by atoms with E-state index in [1.807, 2.05) is 54.6 Å². The number of nitrogens with one attached hydrogen (secondary N) is 2. The van der Waals surface area contributed by atoms with Gasteiger partial charge in [-0.2, -0.15) is 0 Å². The smallest absolute Gasteiger partial charge is 0.125 e. The maximum atomic E-state index is 5.27. The van der Waals surface area contributed by atoms with Gasteiger partial charge in [0.2, 0.25) is 0 Å². The third kappa shape index (κ3) is 3.54. The lowest BCUT2D eigenvalue weighted by Gasteiger charge is -2.10. The Bertz CT molecular complexity index is 497. The number of hydrogen-bond acceptors (Lipinski definition) is 2. The van der Waals surface area contributed by atoms with Crippen LogP contribution in [-0.4, -0.2) is 4.99 Å². The summed E-state index contributed by atoms with van der Waals surface area (Å²) in [5.41, 5.74) is 8.01. The van der Waals surface area contributed by atoms with E-state index in [4.69, 9.17) is 12.2 Å². The van der Waals surface area contributed by atoms with Crippen LogP contribution >= 0.6 is 28.1 Å². The lowest BCUT2D eigenvalue weighted by molar-refractivity contribution is 1.14. The van der Waals surface area contributed by atoms with Gasteiger partial charge in [0.05, 0.1) is 5.69 Å². The Morgan fingerprint density at radius 1 is 0.941 bits per heavy atom. The molecule has 2 nitrogen and oxygen atoms in total. The Kier molecular flexibility index (Phi) is 4.12. The van der Waals surface area contributed by atoms with Crippen LogP contribution in [0.25, 0.3) is 0 Å². The second-order valence-electron chi connectivity index (χ2n) is 3.45. The topological polar surface area (TPSA) is 24.1 Å². The van der Waals surface area contributed by atoms with Crippen LogP contribution in [0.1, 0.15) is 5.56 Å². The largest absolute Gasteiger partial charge is 0.300 e. The van der Waals surface area contributed by atoms with E-state index in [2.05, 4.69) is 26.8 Å². The Morgan fingerprint density at radius 3 is 2.24 bits per heavy atom. The molecule has 0 spiro atoms. The van der Waals surface area contributed by atoms with Gasteiger partial charge in [0, 0.05) is 10.0 Å². The minimum atomic E-state index is 0.668. The van der Waals surface area contributed by atoms with Gasteiger partial charge in [-0.1, -0.05) is 58.5 Å². The zero-order valence-corrected chi connectivity index (χ0v) is 11.4. The van der Waals surface area contributed by atoms with Gasteiger partial charge in [0.1, 0.15) is 4.99 Å². The summed E-state index contributed by atoms with van der Waals surface area (Å²) in [6, 6.07) is 17.7. The van der Waals surface area contributed by atoms with Crippen LogP contribution in [0.2, 0.25) is 0 Å². The third-order valence-corrected chi connectivity index (χ3v) is 3.07. The fourth-order valence-electron chi connectivity index (χ4n) is 1.32. The second-order valence-corrected chi connectivity index (χ2v) is 4.78. The predicted molar refractivity (Wildman–Crippen MR) is 79.0 cm³/mol. The van der Waals surface area contributed by atoms with E-state index in [0.717, 1.165) is 15.7 Å². The highest BCUT2D eigenvalue weighted by Gasteiger charge is 1.99. The first kappa shape index (κ1) is 12.1. The molecule has 2 aromatic rings. The molecule has 0 aliphatic rings. The molecule has 0 fully saturated rings. The van der Waals surface area contributed by atoms with Crippen molar-refractivity contribution in [3.63, 3.8) is 0 Å². The van der Waals surface area contributed by atoms with Gasteiger partial charge in [-0.15, -0.1) is 0 Å². The molecular formula is C13H11BrN2S. The summed E-state index contributed by atoms with van der Waals surface area (Å²) in [6.07, 6.45) is 0. The Labute approximate surface area is 114 Å². The molecule has 0 bridgehead atoms. The molecule has 0 radical (unpaired) electrons. The molecule has 17 heavy (non-hydrogen) atoms. The number of para-hydroxylation sites is 1. The van der Waals surface area contributed by atoms with E-state index >= 15 is 0 Å². The van der Waals surface area contributed by atoms with Crippen molar-refractivity contribution in [1.29, 1.82) is 0 Å². The molecule has 0 atom stereocenters. The fourth-order valence-corrected chi connectivity index (χ4v) is 1.78. The first-order valence-corrected chi connectivity index (χ1v) is 6.33. The maximum absolute atomic E-state index is 5.27. The summed E-state index contributed by atoms with van der Waals surface area (Å²) in [6.45, 7) is 0. The van der Waals surface area contributed by atoms with Crippen LogP contribution in [-0.2, 0) is 0 Å². The van der Waals surface area contributed by atoms with Crippen molar-refractivity contribution in [2.24, 2.45) is 0 Å². The van der Waals surface area contributed by atoms with Crippen LogP contribution in [0, 0.1) is 0 Å². The summed E-state index contributed by atoms with van der Waals surface area (Å²) in [7, 11) is 0. The fraction of sp³-hybridized carbons (Fsp3) is 0. The van der Waals surface area contributed by atoms with Gasteiger partial charge >= 0.3 is 0 Å². The van der Waals surface area contributed by atoms with Gasteiger partial charge in [-0.25, -0.2) is 0 Å². The Morgan fingerprint density at radius 2 is 1.59 bits per heavy atom. The highest BCUT2D eigenvalue weighted by molar-refractivity contribution is 9.10. The molecule has 0 aliphatic heterocycles. The highest BCUT2D eigenvalue weighted by atomic mass is 79.9. The number of thiocarbonyl (C=S) groups is 1. The molecule has 0 saturated carbocycles. The number of hydrogen-bond donors (Lipinski definition) is 2. The van der Waals surface area contributed by atoms with E-state index in [0.29, 0.717) is 4.99 Å². The Hall–Kier alpha value is -1.39. The molecule has 0 aliphatic carbocycles. The first-order valence-electron chi connectivity index (χ1n) is 5.13. The Balaban J connectivity index is 1.96. The molecule has 2 rings (SSSR count). The molecule has 4 heteroatoms. The summed E-state index contributed by atoms with van der Waals surface area (Å²) in [4.78, 5) is 0.668. The quantitative estimate of drug-likeness (QED) is 0.667. The predicted octanol–water partition coefficient (Wildman–Crippen LogP) is 3.74. The first-order chi connectivity index (χ1) is 8.25. The summed E-state index contributed by atoms with van der Waals surface area (Å²) >= 11 is 8.66. The summed E-state index contributed by atoms with van der Waals surface area (Å²) < 4.78 is 1.04. The van der Waals surface area contributed by atoms with Crippen LogP contribution in [0.3, 0.4) is 0 Å². The molecule has 2 N–H and O–H groups in total. The second kappa shape index (κ2) is 5.80. The van der Waals surface area contributed by atoms with Crippen LogP contribution < -0.4 is 10.9 Å². The molecule has 0 unspecified atom stereocenters. The summed E-state index contributed by atoms with van der Waals surface area (Å²) in [5.74, 6) is 0. The normalized spacial score (nSPS) is 9.71. The van der Waals surface area contributed by atoms with Gasteiger partial charge in [-0.3, -0.25) is 5.43 Å². The molecule has 86 valence electrons. The van der Waals surface area contributed by atoms with Crippen molar-refractivity contribution in [2.45, 2.75) is 0 Å². The average Bonchev–Trinajstić information content (AvgIpc) is 2.38. The minimum absolute atomic E-state index is 0.668. The number of benzene rings is 2. The lowest BCUT2D eigenvalue weighted by Crippen LogP contribution is -2.28. The van der Waals surface area contributed by atoms with E-state index < -0.39 is 0 Å². The number of anilines is 1. The molecule has 0 heterocycles. The maximum Gasteiger partial charge on any atom is 0.125 e. The SMILES string of the molecule is S=C(NNc1ccccc1)c1ccc(Br)cc1. The molecule has 2 aromatic carbocycles. The number of halogens is 1. The van der Waals surface area contributed by atoms with Crippen molar-refractivity contribution >= 4 is 38.8 Å². The highest BCUT2D eigenvalue weighted by Crippen LogP contribution is 2.11. The van der Waals surface area contributed by atoms with E-state index in [-0.39, 0.29) is 0 Å². The minimum Gasteiger partial charge on any atom is -0.300 e. The van der Waals surface area contributed by atoms with Gasteiger partial charge in [-0.05, 0) is 24.3 Å². The zero-order chi connectivity index (χ0) is 12.1.